The molecule has 16 heavy (non-hydrogen) atoms. The zero-order valence-corrected chi connectivity index (χ0v) is 9.09. The molecule has 0 fully saturated rings. The molecule has 0 saturated carbocycles. The summed E-state index contributed by atoms with van der Waals surface area (Å²) in [6, 6.07) is 5.51. The van der Waals surface area contributed by atoms with Crippen LogP contribution in [0.1, 0.15) is 5.82 Å². The van der Waals surface area contributed by atoms with Gasteiger partial charge in [-0.15, -0.1) is 10.2 Å². The molecule has 2 rings (SSSR count). The summed E-state index contributed by atoms with van der Waals surface area (Å²) in [7, 11) is 1.92. The highest BCUT2D eigenvalue weighted by Crippen LogP contribution is 2.05. The second-order valence-electron chi connectivity index (χ2n) is 3.48. The molecule has 2 aromatic rings. The normalized spacial score (nSPS) is 10.3. The summed E-state index contributed by atoms with van der Waals surface area (Å²) < 4.78 is 1.90. The van der Waals surface area contributed by atoms with Crippen LogP contribution in [0.3, 0.4) is 0 Å². The third kappa shape index (κ3) is 2.47. The number of nitrogens with one attached hydrogen (secondary N) is 1. The molecule has 3 N–H and O–H groups in total. The Bertz CT molecular complexity index is 464. The first-order chi connectivity index (χ1) is 7.75. The predicted octanol–water partition coefficient (Wildman–Crippen LogP) is 0.447. The molecule has 0 bridgehead atoms. The molecule has 2 aromatic heterocycles. The minimum absolute atomic E-state index is 0.517. The largest absolute Gasteiger partial charge is 0.384 e. The molecule has 0 radical (unpaired) electrons. The Morgan fingerprint density at radius 2 is 2.31 bits per heavy atom. The second kappa shape index (κ2) is 4.61. The third-order valence-corrected chi connectivity index (χ3v) is 2.23. The molecular formula is C10H14N6. The monoisotopic (exact) mass is 218 g/mol. The summed E-state index contributed by atoms with van der Waals surface area (Å²) in [6.07, 6.45) is 2.49. The van der Waals surface area contributed by atoms with Crippen LogP contribution < -0.4 is 11.1 Å². The summed E-state index contributed by atoms with van der Waals surface area (Å²) in [5.41, 5.74) is 5.57. The van der Waals surface area contributed by atoms with Crippen LogP contribution in [0.4, 0.5) is 11.6 Å². The number of pyridine rings is 1. The standard InChI is InChI=1S/C10H14N6/c1-16-7-13-15-10(16)5-6-12-9-4-2-3-8(11)14-9/h2-4,7H,5-6H2,1H3,(H3,11,12,14). The molecule has 0 saturated heterocycles. The number of hydrogen-bond acceptors (Lipinski definition) is 5. The van der Waals surface area contributed by atoms with E-state index in [-0.39, 0.29) is 0 Å². The van der Waals surface area contributed by atoms with Gasteiger partial charge in [0.15, 0.2) is 0 Å². The van der Waals surface area contributed by atoms with E-state index >= 15 is 0 Å². The summed E-state index contributed by atoms with van der Waals surface area (Å²) in [4.78, 5) is 4.14. The van der Waals surface area contributed by atoms with Crippen molar-refractivity contribution in [2.24, 2.45) is 7.05 Å². The van der Waals surface area contributed by atoms with E-state index in [4.69, 9.17) is 5.73 Å². The van der Waals surface area contributed by atoms with Crippen LogP contribution in [0, 0.1) is 0 Å². The zero-order valence-electron chi connectivity index (χ0n) is 9.09. The van der Waals surface area contributed by atoms with Crippen LogP contribution in [-0.4, -0.2) is 26.3 Å². The Labute approximate surface area is 93.5 Å². The average molecular weight is 218 g/mol. The summed E-state index contributed by atoms with van der Waals surface area (Å²) in [5, 5.41) is 11.0. The van der Waals surface area contributed by atoms with Gasteiger partial charge >= 0.3 is 0 Å². The first-order valence-electron chi connectivity index (χ1n) is 5.05. The number of rotatable bonds is 4. The van der Waals surface area contributed by atoms with Gasteiger partial charge in [0.1, 0.15) is 23.8 Å². The van der Waals surface area contributed by atoms with Crippen molar-refractivity contribution < 1.29 is 0 Å². The van der Waals surface area contributed by atoms with Crippen LogP contribution in [-0.2, 0) is 13.5 Å². The van der Waals surface area contributed by atoms with Crippen molar-refractivity contribution in [1.29, 1.82) is 0 Å². The van der Waals surface area contributed by atoms with Crippen molar-refractivity contribution in [2.45, 2.75) is 6.42 Å². The predicted molar refractivity (Wildman–Crippen MR) is 61.8 cm³/mol. The molecule has 2 heterocycles. The number of nitrogens with zero attached hydrogens (tertiary/aromatic N) is 4. The maximum absolute atomic E-state index is 5.57. The lowest BCUT2D eigenvalue weighted by atomic mass is 10.4. The van der Waals surface area contributed by atoms with E-state index in [0.29, 0.717) is 5.82 Å². The summed E-state index contributed by atoms with van der Waals surface area (Å²) >= 11 is 0. The fourth-order valence-electron chi connectivity index (χ4n) is 1.39. The molecule has 0 unspecified atom stereocenters. The number of aromatic nitrogens is 4. The highest BCUT2D eigenvalue weighted by molar-refractivity contribution is 5.42. The number of hydrogen-bond donors (Lipinski definition) is 2. The lowest BCUT2D eigenvalue weighted by Crippen LogP contribution is -2.09. The maximum atomic E-state index is 5.57. The van der Waals surface area contributed by atoms with Crippen molar-refractivity contribution in [3.8, 4) is 0 Å². The molecule has 0 aliphatic carbocycles. The Balaban J connectivity index is 1.87. The molecule has 0 aliphatic heterocycles. The number of aryl methyl sites for hydroxylation is 1. The fourth-order valence-corrected chi connectivity index (χ4v) is 1.39. The van der Waals surface area contributed by atoms with E-state index in [9.17, 15) is 0 Å². The Morgan fingerprint density at radius 3 is 3.00 bits per heavy atom. The van der Waals surface area contributed by atoms with Crippen molar-refractivity contribution in [3.63, 3.8) is 0 Å². The number of nitrogens with two attached hydrogens (primary N) is 1. The summed E-state index contributed by atoms with van der Waals surface area (Å²) in [6.45, 7) is 0.753. The van der Waals surface area contributed by atoms with Crippen molar-refractivity contribution >= 4 is 11.6 Å². The number of nitrogen functional groups attached to an aromatic ring is 1. The van der Waals surface area contributed by atoms with Crippen LogP contribution in [0.2, 0.25) is 0 Å². The Kier molecular flexibility index (Phi) is 3.00. The van der Waals surface area contributed by atoms with E-state index in [1.54, 1.807) is 12.4 Å². The van der Waals surface area contributed by atoms with E-state index in [0.717, 1.165) is 24.6 Å². The highest BCUT2D eigenvalue weighted by Gasteiger charge is 2.00. The highest BCUT2D eigenvalue weighted by atomic mass is 15.2. The molecule has 0 aromatic carbocycles. The third-order valence-electron chi connectivity index (χ3n) is 2.23. The first-order valence-corrected chi connectivity index (χ1v) is 5.05. The van der Waals surface area contributed by atoms with Gasteiger partial charge in [0.2, 0.25) is 0 Å². The zero-order chi connectivity index (χ0) is 11.4. The average Bonchev–Trinajstić information content (AvgIpc) is 2.65. The van der Waals surface area contributed by atoms with Crippen LogP contribution in [0.15, 0.2) is 24.5 Å². The van der Waals surface area contributed by atoms with Gasteiger partial charge in [-0.3, -0.25) is 0 Å². The molecule has 6 nitrogen and oxygen atoms in total. The smallest absolute Gasteiger partial charge is 0.134 e. The van der Waals surface area contributed by atoms with E-state index in [1.165, 1.54) is 0 Å². The van der Waals surface area contributed by atoms with Gasteiger partial charge in [-0.25, -0.2) is 4.98 Å². The van der Waals surface area contributed by atoms with Gasteiger partial charge in [0, 0.05) is 20.0 Å². The Hall–Kier alpha value is -2.11. The van der Waals surface area contributed by atoms with Crippen LogP contribution in [0.25, 0.3) is 0 Å². The first kappa shape index (κ1) is 10.4. The lowest BCUT2D eigenvalue weighted by molar-refractivity contribution is 0.787. The second-order valence-corrected chi connectivity index (χ2v) is 3.48. The van der Waals surface area contributed by atoms with Crippen LogP contribution >= 0.6 is 0 Å². The van der Waals surface area contributed by atoms with Gasteiger partial charge in [-0.05, 0) is 12.1 Å². The topological polar surface area (TPSA) is 81.7 Å². The Morgan fingerprint density at radius 1 is 1.44 bits per heavy atom. The minimum Gasteiger partial charge on any atom is -0.384 e. The fraction of sp³-hybridized carbons (Fsp3) is 0.300. The molecular weight excluding hydrogens is 204 g/mol. The molecule has 84 valence electrons. The van der Waals surface area contributed by atoms with Crippen molar-refractivity contribution in [3.05, 3.63) is 30.4 Å². The van der Waals surface area contributed by atoms with Gasteiger partial charge in [0.05, 0.1) is 0 Å². The van der Waals surface area contributed by atoms with E-state index < -0.39 is 0 Å². The van der Waals surface area contributed by atoms with Gasteiger partial charge in [-0.1, -0.05) is 6.07 Å². The quantitative estimate of drug-likeness (QED) is 0.778. The summed E-state index contributed by atoms with van der Waals surface area (Å²) in [5.74, 6) is 2.24. The molecule has 0 spiro atoms. The lowest BCUT2D eigenvalue weighted by Gasteiger charge is -2.05. The minimum atomic E-state index is 0.517. The van der Waals surface area contributed by atoms with Gasteiger partial charge in [0.25, 0.3) is 0 Å². The molecule has 0 aliphatic rings. The molecule has 6 heteroatoms. The maximum Gasteiger partial charge on any atom is 0.134 e. The van der Waals surface area contributed by atoms with Crippen molar-refractivity contribution in [2.75, 3.05) is 17.6 Å². The molecule has 0 atom stereocenters. The number of anilines is 2. The van der Waals surface area contributed by atoms with Crippen molar-refractivity contribution in [1.82, 2.24) is 19.7 Å². The SMILES string of the molecule is Cn1cnnc1CCNc1cccc(N)n1. The molecule has 0 amide bonds. The van der Waals surface area contributed by atoms with Gasteiger partial charge in [-0.2, -0.15) is 0 Å². The van der Waals surface area contributed by atoms with E-state index in [1.807, 2.05) is 23.7 Å². The van der Waals surface area contributed by atoms with Gasteiger partial charge < -0.3 is 15.6 Å². The van der Waals surface area contributed by atoms with E-state index in [2.05, 4.69) is 20.5 Å². The van der Waals surface area contributed by atoms with Crippen LogP contribution in [0.5, 0.6) is 0 Å².